The van der Waals surface area contributed by atoms with Crippen molar-refractivity contribution >= 4 is 18.8 Å². The molecule has 0 unspecified atom stereocenters. The lowest BCUT2D eigenvalue weighted by molar-refractivity contribution is 0.00578. The molecule has 134 valence electrons. The van der Waals surface area contributed by atoms with E-state index in [-0.39, 0.29) is 5.59 Å². The van der Waals surface area contributed by atoms with E-state index < -0.39 is 55.6 Å². The molecular formula is C16H27BN2O5. The second-order valence-corrected chi connectivity index (χ2v) is 7.50. The topological polar surface area (TPSA) is 71.8 Å². The van der Waals surface area contributed by atoms with Gasteiger partial charge in [0.1, 0.15) is 5.60 Å². The molecule has 7 nitrogen and oxygen atoms in total. The fraction of sp³-hybridized carbons (Fsp3) is 0.750. The maximum Gasteiger partial charge on any atom is 0.516 e. The summed E-state index contributed by atoms with van der Waals surface area (Å²) >= 11 is 0. The van der Waals surface area contributed by atoms with Crippen molar-refractivity contribution in [2.45, 2.75) is 72.1 Å². The van der Waals surface area contributed by atoms with E-state index in [1.54, 1.807) is 48.5 Å². The highest BCUT2D eigenvalue weighted by Gasteiger charge is 2.53. The third-order valence-corrected chi connectivity index (χ3v) is 3.83. The summed E-state index contributed by atoms with van der Waals surface area (Å²) in [5, 5.41) is 0. The number of carbonyl (C=O) groups is 1. The third-order valence-electron chi connectivity index (χ3n) is 3.83. The number of imidazole rings is 1. The molecule has 0 atom stereocenters. The minimum absolute atomic E-state index is 0.171. The zero-order valence-corrected chi connectivity index (χ0v) is 15.0. The SMILES string of the molecule is [2H]c1c(B2OC(C)(C)C(C)(C)O2)nc(OC([2H])([2H])C([2H])([2H])[2H])n1C(=O)OC(C)(C)C. The highest BCUT2D eigenvalue weighted by atomic mass is 16.7. The molecular weight excluding hydrogens is 311 g/mol. The van der Waals surface area contributed by atoms with Crippen LogP contribution in [0.25, 0.3) is 0 Å². The van der Waals surface area contributed by atoms with E-state index >= 15 is 0 Å². The molecule has 0 aliphatic carbocycles. The molecule has 0 amide bonds. The Labute approximate surface area is 152 Å². The maximum atomic E-state index is 12.7. The largest absolute Gasteiger partial charge is 0.516 e. The molecule has 24 heavy (non-hydrogen) atoms. The summed E-state index contributed by atoms with van der Waals surface area (Å²) in [5.41, 5.74) is -2.66. The van der Waals surface area contributed by atoms with Crippen molar-refractivity contribution < 1.29 is 31.8 Å². The van der Waals surface area contributed by atoms with Crippen LogP contribution in [0.15, 0.2) is 6.17 Å². The molecule has 0 spiro atoms. The van der Waals surface area contributed by atoms with E-state index in [9.17, 15) is 4.79 Å². The number of hydrogen-bond acceptors (Lipinski definition) is 6. The third kappa shape index (κ3) is 3.75. The van der Waals surface area contributed by atoms with Gasteiger partial charge in [-0.05, 0) is 55.3 Å². The fourth-order valence-electron chi connectivity index (χ4n) is 1.95. The van der Waals surface area contributed by atoms with Gasteiger partial charge >= 0.3 is 19.2 Å². The standard InChI is InChI=1S/C16H27BN2O5/c1-9-21-12-18-11(10-19(12)13(20)22-14(2,3)4)17-23-15(5,6)16(7,8)24-17/h10H,9H2,1-8H3/i1D3,9D2,10D. The van der Waals surface area contributed by atoms with Crippen molar-refractivity contribution in [2.75, 3.05) is 6.56 Å². The van der Waals surface area contributed by atoms with Crippen LogP contribution in [0, 0.1) is 0 Å². The summed E-state index contributed by atoms with van der Waals surface area (Å²) in [6.45, 7) is 5.58. The van der Waals surface area contributed by atoms with Crippen LogP contribution < -0.4 is 10.3 Å². The highest BCUT2D eigenvalue weighted by Crippen LogP contribution is 2.36. The minimum atomic E-state index is -3.18. The number of ether oxygens (including phenoxy) is 2. The smallest absolute Gasteiger partial charge is 0.465 e. The van der Waals surface area contributed by atoms with Crippen molar-refractivity contribution in [3.05, 3.63) is 6.17 Å². The molecule has 2 rings (SSSR count). The van der Waals surface area contributed by atoms with Crippen LogP contribution >= 0.6 is 0 Å². The van der Waals surface area contributed by atoms with Crippen molar-refractivity contribution in [1.29, 1.82) is 0 Å². The van der Waals surface area contributed by atoms with E-state index in [0.29, 0.717) is 4.57 Å². The van der Waals surface area contributed by atoms with E-state index in [4.69, 9.17) is 27.0 Å². The van der Waals surface area contributed by atoms with Crippen molar-refractivity contribution in [3.63, 3.8) is 0 Å². The summed E-state index contributed by atoms with van der Waals surface area (Å²) in [4.78, 5) is 16.7. The van der Waals surface area contributed by atoms with Crippen LogP contribution in [0.5, 0.6) is 6.01 Å². The number of hydrogen-bond donors (Lipinski definition) is 0. The van der Waals surface area contributed by atoms with Gasteiger partial charge in [0.05, 0.1) is 27.5 Å². The summed E-state index contributed by atoms with van der Waals surface area (Å²) in [5.74, 6) is 0. The summed E-state index contributed by atoms with van der Waals surface area (Å²) in [6, 6.07) is -0.750. The Morgan fingerprint density at radius 3 is 2.50 bits per heavy atom. The molecule has 1 aromatic heterocycles. The van der Waals surface area contributed by atoms with Gasteiger partial charge in [0.15, 0.2) is 0 Å². The Hall–Kier alpha value is -1.54. The van der Waals surface area contributed by atoms with E-state index in [1.807, 2.05) is 0 Å². The molecule has 0 bridgehead atoms. The predicted molar refractivity (Wildman–Crippen MR) is 90.7 cm³/mol. The van der Waals surface area contributed by atoms with Crippen molar-refractivity contribution in [1.82, 2.24) is 9.55 Å². The Balaban J connectivity index is 2.55. The molecule has 1 aliphatic rings. The lowest BCUT2D eigenvalue weighted by Gasteiger charge is -2.32. The molecule has 0 N–H and O–H groups in total. The minimum Gasteiger partial charge on any atom is -0.465 e. The predicted octanol–water partition coefficient (Wildman–Crippen LogP) is 2.36. The van der Waals surface area contributed by atoms with E-state index in [1.165, 1.54) is 0 Å². The first-order valence-corrected chi connectivity index (χ1v) is 7.56. The van der Waals surface area contributed by atoms with E-state index in [2.05, 4.69) is 4.98 Å². The van der Waals surface area contributed by atoms with Crippen molar-refractivity contribution in [3.8, 4) is 6.01 Å². The quantitative estimate of drug-likeness (QED) is 0.784. The van der Waals surface area contributed by atoms with Gasteiger partial charge in [-0.25, -0.2) is 14.3 Å². The monoisotopic (exact) mass is 344 g/mol. The van der Waals surface area contributed by atoms with Gasteiger partial charge in [0.25, 0.3) is 0 Å². The Kier molecular flexibility index (Phi) is 3.02. The number of carbonyl (C=O) groups excluding carboxylic acids is 1. The number of aromatic nitrogens is 2. The summed E-state index contributed by atoms with van der Waals surface area (Å²) in [7, 11) is -1.16. The van der Waals surface area contributed by atoms with Gasteiger partial charge in [-0.15, -0.1) is 0 Å². The Morgan fingerprint density at radius 2 is 2.00 bits per heavy atom. The lowest BCUT2D eigenvalue weighted by Crippen LogP contribution is -2.41. The average Bonchev–Trinajstić information content (AvgIpc) is 2.89. The van der Waals surface area contributed by atoms with Gasteiger partial charge < -0.3 is 18.8 Å². The van der Waals surface area contributed by atoms with Gasteiger partial charge in [0, 0.05) is 10.3 Å². The van der Waals surface area contributed by atoms with Gasteiger partial charge in [-0.2, -0.15) is 0 Å². The first kappa shape index (κ1) is 11.9. The maximum absolute atomic E-state index is 12.7. The summed E-state index contributed by atoms with van der Waals surface area (Å²) in [6.07, 6.45) is -1.61. The molecule has 1 fully saturated rings. The molecule has 2 heterocycles. The molecule has 1 aromatic rings. The summed E-state index contributed by atoms with van der Waals surface area (Å²) < 4.78 is 68.2. The zero-order valence-electron chi connectivity index (χ0n) is 21.0. The first-order chi connectivity index (χ1) is 13.2. The van der Waals surface area contributed by atoms with Crippen LogP contribution in [-0.4, -0.2) is 46.1 Å². The second-order valence-electron chi connectivity index (χ2n) is 7.50. The highest BCUT2D eigenvalue weighted by molar-refractivity contribution is 6.61. The first-order valence-electron chi connectivity index (χ1n) is 10.6. The van der Waals surface area contributed by atoms with Crippen LogP contribution in [-0.2, 0) is 14.0 Å². The zero-order chi connectivity index (χ0) is 23.5. The molecule has 0 radical (unpaired) electrons. The number of nitrogens with zero attached hydrogens (tertiary/aromatic N) is 2. The molecule has 0 aromatic carbocycles. The van der Waals surface area contributed by atoms with Gasteiger partial charge in [-0.3, -0.25) is 0 Å². The Bertz CT molecular complexity index is 815. The van der Waals surface area contributed by atoms with Crippen molar-refractivity contribution in [2.24, 2.45) is 0 Å². The molecule has 1 saturated heterocycles. The van der Waals surface area contributed by atoms with Crippen LogP contribution in [0.1, 0.15) is 63.5 Å². The number of rotatable bonds is 3. The molecule has 0 saturated carbocycles. The Morgan fingerprint density at radius 1 is 1.42 bits per heavy atom. The van der Waals surface area contributed by atoms with E-state index in [0.717, 1.165) is 0 Å². The average molecular weight is 344 g/mol. The van der Waals surface area contributed by atoms with Gasteiger partial charge in [-0.1, -0.05) is 0 Å². The second kappa shape index (κ2) is 6.08. The normalized spacial score (nSPS) is 24.2. The van der Waals surface area contributed by atoms with Crippen LogP contribution in [0.3, 0.4) is 0 Å². The van der Waals surface area contributed by atoms with Crippen LogP contribution in [0.4, 0.5) is 4.79 Å². The fourth-order valence-corrected chi connectivity index (χ4v) is 1.95. The molecule has 1 aliphatic heterocycles. The molecule has 8 heteroatoms. The van der Waals surface area contributed by atoms with Gasteiger partial charge in [0.2, 0.25) is 0 Å². The van der Waals surface area contributed by atoms with Crippen LogP contribution in [0.2, 0.25) is 0 Å². The lowest BCUT2D eigenvalue weighted by atomic mass is 9.86.